The largest absolute Gasteiger partial charge is 0.316 e. The first-order valence-electron chi connectivity index (χ1n) is 9.50. The van der Waals surface area contributed by atoms with Crippen molar-refractivity contribution in [3.05, 3.63) is 71.7 Å². The fourth-order valence-electron chi connectivity index (χ4n) is 4.60. The Labute approximate surface area is 153 Å². The molecular weight excluding hydrogens is 323 g/mol. The Balaban J connectivity index is 1.67. The van der Waals surface area contributed by atoms with E-state index in [1.54, 1.807) is 12.1 Å². The summed E-state index contributed by atoms with van der Waals surface area (Å²) in [5.41, 5.74) is 5.99. The molecule has 132 valence electrons. The van der Waals surface area contributed by atoms with E-state index in [9.17, 15) is 4.39 Å². The quantitative estimate of drug-likeness (QED) is 0.609. The Kier molecular flexibility index (Phi) is 3.71. The van der Waals surface area contributed by atoms with Crippen molar-refractivity contribution < 1.29 is 4.39 Å². The van der Waals surface area contributed by atoms with Crippen LogP contribution in [0.15, 0.2) is 54.7 Å². The van der Waals surface area contributed by atoms with Crippen molar-refractivity contribution >= 4 is 16.5 Å². The fourth-order valence-corrected chi connectivity index (χ4v) is 4.60. The summed E-state index contributed by atoms with van der Waals surface area (Å²) < 4.78 is 16.2. The van der Waals surface area contributed by atoms with Gasteiger partial charge in [0.25, 0.3) is 0 Å². The summed E-state index contributed by atoms with van der Waals surface area (Å²) in [6.45, 7) is 4.34. The standard InChI is InChI=1S/C23H23FN2/c1-16-4-2-5-20(12-16)26-15-22(21-14-18(24)7-8-23(21)26)17-9-11-25-10-3-6-19(25)13-17/h2,4-5,7-9,12,14-15,19H,3,6,10-11,13H2,1H3/t19-/m0/s1. The fraction of sp³-hybridized carbons (Fsp3) is 0.304. The molecule has 26 heavy (non-hydrogen) atoms. The highest BCUT2D eigenvalue weighted by atomic mass is 19.1. The topological polar surface area (TPSA) is 8.17 Å². The summed E-state index contributed by atoms with van der Waals surface area (Å²) in [7, 11) is 0. The van der Waals surface area contributed by atoms with Crippen LogP contribution in [0.2, 0.25) is 0 Å². The molecular formula is C23H23FN2. The van der Waals surface area contributed by atoms with Crippen molar-refractivity contribution in [2.45, 2.75) is 32.2 Å². The van der Waals surface area contributed by atoms with Gasteiger partial charge in [-0.15, -0.1) is 0 Å². The SMILES string of the molecule is Cc1cccc(-n2cc(C3=CCN4CCC[C@H]4C3)c3cc(F)ccc32)c1. The van der Waals surface area contributed by atoms with Crippen LogP contribution >= 0.6 is 0 Å². The van der Waals surface area contributed by atoms with Crippen molar-refractivity contribution in [3.63, 3.8) is 0 Å². The Bertz CT molecular complexity index is 1010. The Morgan fingerprint density at radius 1 is 1.12 bits per heavy atom. The van der Waals surface area contributed by atoms with Crippen LogP contribution in [0, 0.1) is 12.7 Å². The van der Waals surface area contributed by atoms with Crippen LogP contribution in [0.1, 0.15) is 30.4 Å². The van der Waals surface area contributed by atoms with Crippen LogP contribution in [0.25, 0.3) is 22.2 Å². The van der Waals surface area contributed by atoms with E-state index in [1.165, 1.54) is 36.1 Å². The molecule has 0 bridgehead atoms. The molecule has 2 aromatic carbocycles. The van der Waals surface area contributed by atoms with E-state index in [0.29, 0.717) is 6.04 Å². The zero-order valence-electron chi connectivity index (χ0n) is 15.1. The maximum Gasteiger partial charge on any atom is 0.123 e. The van der Waals surface area contributed by atoms with Gasteiger partial charge in [0.15, 0.2) is 0 Å². The molecule has 2 aliphatic rings. The molecule has 3 aromatic rings. The zero-order valence-corrected chi connectivity index (χ0v) is 15.1. The number of hydrogen-bond acceptors (Lipinski definition) is 1. The van der Waals surface area contributed by atoms with Gasteiger partial charge in [-0.3, -0.25) is 4.90 Å². The Morgan fingerprint density at radius 2 is 2.04 bits per heavy atom. The predicted octanol–water partition coefficient (Wildman–Crippen LogP) is 5.33. The third-order valence-electron chi connectivity index (χ3n) is 5.92. The van der Waals surface area contributed by atoms with Crippen LogP contribution in [0.3, 0.4) is 0 Å². The number of nitrogens with zero attached hydrogens (tertiary/aromatic N) is 2. The number of halogens is 1. The molecule has 0 saturated carbocycles. The number of aromatic nitrogens is 1. The lowest BCUT2D eigenvalue weighted by atomic mass is 9.94. The predicted molar refractivity (Wildman–Crippen MR) is 105 cm³/mol. The molecule has 0 aliphatic carbocycles. The van der Waals surface area contributed by atoms with Crippen LogP contribution in [0.4, 0.5) is 4.39 Å². The highest BCUT2D eigenvalue weighted by molar-refractivity contribution is 5.94. The van der Waals surface area contributed by atoms with Crippen LogP contribution in [-0.2, 0) is 0 Å². The molecule has 0 N–H and O–H groups in total. The minimum atomic E-state index is -0.167. The van der Waals surface area contributed by atoms with Gasteiger partial charge in [-0.1, -0.05) is 18.2 Å². The molecule has 3 heterocycles. The van der Waals surface area contributed by atoms with Crippen molar-refractivity contribution in [1.82, 2.24) is 9.47 Å². The third-order valence-corrected chi connectivity index (χ3v) is 5.92. The maximum absolute atomic E-state index is 14.0. The second-order valence-electron chi connectivity index (χ2n) is 7.64. The van der Waals surface area contributed by atoms with Crippen LogP contribution in [-0.4, -0.2) is 28.6 Å². The number of aryl methyl sites for hydroxylation is 1. The highest BCUT2D eigenvalue weighted by Gasteiger charge is 2.29. The van der Waals surface area contributed by atoms with Gasteiger partial charge < -0.3 is 4.57 Å². The van der Waals surface area contributed by atoms with Crippen molar-refractivity contribution in [3.8, 4) is 5.69 Å². The van der Waals surface area contributed by atoms with Gasteiger partial charge in [-0.25, -0.2) is 4.39 Å². The summed E-state index contributed by atoms with van der Waals surface area (Å²) >= 11 is 0. The van der Waals surface area contributed by atoms with Crippen molar-refractivity contribution in [1.29, 1.82) is 0 Å². The van der Waals surface area contributed by atoms with E-state index >= 15 is 0 Å². The molecule has 1 atom stereocenters. The highest BCUT2D eigenvalue weighted by Crippen LogP contribution is 2.37. The van der Waals surface area contributed by atoms with Gasteiger partial charge in [0.05, 0.1) is 5.52 Å². The molecule has 0 unspecified atom stereocenters. The summed E-state index contributed by atoms with van der Waals surface area (Å²) in [5.74, 6) is -0.167. The lowest BCUT2D eigenvalue weighted by Gasteiger charge is -2.29. The van der Waals surface area contributed by atoms with Crippen molar-refractivity contribution in [2.24, 2.45) is 0 Å². The smallest absolute Gasteiger partial charge is 0.123 e. The van der Waals surface area contributed by atoms with Gasteiger partial charge in [0.2, 0.25) is 0 Å². The first-order valence-corrected chi connectivity index (χ1v) is 9.50. The average Bonchev–Trinajstić information content (AvgIpc) is 3.25. The molecule has 5 rings (SSSR count). The summed E-state index contributed by atoms with van der Waals surface area (Å²) in [6, 6.07) is 14.3. The average molecular weight is 346 g/mol. The summed E-state index contributed by atoms with van der Waals surface area (Å²) in [6.07, 6.45) is 8.20. The molecule has 0 spiro atoms. The number of benzene rings is 2. The maximum atomic E-state index is 14.0. The lowest BCUT2D eigenvalue weighted by Crippen LogP contribution is -2.32. The van der Waals surface area contributed by atoms with Gasteiger partial charge >= 0.3 is 0 Å². The van der Waals surface area contributed by atoms with E-state index in [-0.39, 0.29) is 5.82 Å². The molecule has 3 heteroatoms. The normalized spacial score (nSPS) is 20.4. The molecule has 0 amide bonds. The lowest BCUT2D eigenvalue weighted by molar-refractivity contribution is 0.275. The monoisotopic (exact) mass is 346 g/mol. The zero-order chi connectivity index (χ0) is 17.7. The number of rotatable bonds is 2. The molecule has 1 fully saturated rings. The molecule has 0 radical (unpaired) electrons. The summed E-state index contributed by atoms with van der Waals surface area (Å²) in [5, 5.41) is 1.02. The second-order valence-corrected chi connectivity index (χ2v) is 7.64. The first kappa shape index (κ1) is 15.8. The van der Waals surface area contributed by atoms with E-state index in [0.717, 1.165) is 29.6 Å². The number of hydrogen-bond donors (Lipinski definition) is 0. The number of fused-ring (bicyclic) bond motifs is 2. The van der Waals surface area contributed by atoms with Gasteiger partial charge in [0.1, 0.15) is 5.82 Å². The van der Waals surface area contributed by atoms with Gasteiger partial charge in [-0.2, -0.15) is 0 Å². The second kappa shape index (κ2) is 6.10. The van der Waals surface area contributed by atoms with Gasteiger partial charge in [0, 0.05) is 35.4 Å². The van der Waals surface area contributed by atoms with Crippen LogP contribution < -0.4 is 0 Å². The molecule has 1 aromatic heterocycles. The Morgan fingerprint density at radius 3 is 2.92 bits per heavy atom. The van der Waals surface area contributed by atoms with E-state index < -0.39 is 0 Å². The van der Waals surface area contributed by atoms with Crippen LogP contribution in [0.5, 0.6) is 0 Å². The molecule has 2 aliphatic heterocycles. The third kappa shape index (κ3) is 2.58. The van der Waals surface area contributed by atoms with E-state index in [2.05, 4.69) is 52.9 Å². The summed E-state index contributed by atoms with van der Waals surface area (Å²) in [4.78, 5) is 2.57. The van der Waals surface area contributed by atoms with Gasteiger partial charge in [-0.05, 0) is 74.2 Å². The molecule has 2 nitrogen and oxygen atoms in total. The first-order chi connectivity index (χ1) is 12.7. The Hall–Kier alpha value is -2.39. The molecule has 1 saturated heterocycles. The minimum Gasteiger partial charge on any atom is -0.316 e. The van der Waals surface area contributed by atoms with E-state index in [1.807, 2.05) is 6.07 Å². The van der Waals surface area contributed by atoms with E-state index in [4.69, 9.17) is 0 Å². The van der Waals surface area contributed by atoms with Crippen molar-refractivity contribution in [2.75, 3.05) is 13.1 Å². The minimum absolute atomic E-state index is 0.167.